The molecule has 0 aliphatic heterocycles. The molecule has 5 nitrogen and oxygen atoms in total. The maximum absolute atomic E-state index is 13.8. The van der Waals surface area contributed by atoms with Crippen LogP contribution >= 0.6 is 0 Å². The summed E-state index contributed by atoms with van der Waals surface area (Å²) in [5.74, 6) is -0.722. The molecule has 3 N–H and O–H groups in total. The molecule has 7 heteroatoms. The molecule has 0 bridgehead atoms. The molecule has 0 saturated heterocycles. The zero-order valence-electron chi connectivity index (χ0n) is 11.0. The van der Waals surface area contributed by atoms with Crippen LogP contribution in [0.3, 0.4) is 0 Å². The van der Waals surface area contributed by atoms with Crippen molar-refractivity contribution in [1.82, 2.24) is 4.98 Å². The lowest BCUT2D eigenvalue weighted by Gasteiger charge is -2.10. The van der Waals surface area contributed by atoms with E-state index in [1.165, 1.54) is 6.07 Å². The third kappa shape index (κ3) is 2.88. The van der Waals surface area contributed by atoms with Crippen molar-refractivity contribution in [2.75, 3.05) is 10.5 Å². The van der Waals surface area contributed by atoms with Gasteiger partial charge in [0, 0.05) is 11.4 Å². The summed E-state index contributed by atoms with van der Waals surface area (Å²) in [4.78, 5) is 3.51. The van der Waals surface area contributed by atoms with Gasteiger partial charge in [-0.3, -0.25) is 4.72 Å². The molecular weight excluding hydrogens is 281 g/mol. The van der Waals surface area contributed by atoms with Crippen molar-refractivity contribution < 1.29 is 12.8 Å². The van der Waals surface area contributed by atoms with E-state index in [2.05, 4.69) is 9.71 Å². The molecule has 1 aromatic heterocycles. The van der Waals surface area contributed by atoms with Gasteiger partial charge in [0.2, 0.25) is 0 Å². The Morgan fingerprint density at radius 2 is 1.95 bits per heavy atom. The van der Waals surface area contributed by atoms with Gasteiger partial charge < -0.3 is 5.73 Å². The fraction of sp³-hybridized carbons (Fsp3) is 0.154. The standard InChI is InChI=1S/C13H14FN3O2S/c1-8-6-10(14)12(7-11(8)15)20(18,19)17-13-5-3-4-9(2)16-13/h3-7H,15H2,1-2H3,(H,16,17). The number of rotatable bonds is 3. The van der Waals surface area contributed by atoms with Gasteiger partial charge in [-0.25, -0.2) is 17.8 Å². The summed E-state index contributed by atoms with van der Waals surface area (Å²) in [7, 11) is -4.07. The van der Waals surface area contributed by atoms with Crippen LogP contribution in [0.4, 0.5) is 15.9 Å². The molecule has 106 valence electrons. The first-order chi connectivity index (χ1) is 9.29. The minimum atomic E-state index is -4.07. The fourth-order valence-electron chi connectivity index (χ4n) is 1.67. The van der Waals surface area contributed by atoms with Gasteiger partial charge >= 0.3 is 0 Å². The maximum atomic E-state index is 13.8. The molecule has 0 radical (unpaired) electrons. The zero-order chi connectivity index (χ0) is 14.9. The maximum Gasteiger partial charge on any atom is 0.266 e. The summed E-state index contributed by atoms with van der Waals surface area (Å²) in [6.07, 6.45) is 0. The Kier molecular flexibility index (Phi) is 3.63. The number of aryl methyl sites for hydroxylation is 2. The number of anilines is 2. The van der Waals surface area contributed by atoms with Crippen molar-refractivity contribution in [3.8, 4) is 0 Å². The Hall–Kier alpha value is -2.15. The van der Waals surface area contributed by atoms with Crippen LogP contribution < -0.4 is 10.5 Å². The lowest BCUT2D eigenvalue weighted by Crippen LogP contribution is -2.16. The Balaban J connectivity index is 2.43. The summed E-state index contributed by atoms with van der Waals surface area (Å²) in [5.41, 5.74) is 6.97. The van der Waals surface area contributed by atoms with Crippen LogP contribution in [-0.2, 0) is 10.0 Å². The van der Waals surface area contributed by atoms with Gasteiger partial charge in [0.1, 0.15) is 16.5 Å². The van der Waals surface area contributed by atoms with Crippen molar-refractivity contribution in [3.05, 3.63) is 47.4 Å². The van der Waals surface area contributed by atoms with Crippen molar-refractivity contribution in [1.29, 1.82) is 0 Å². The molecule has 0 amide bonds. The number of sulfonamides is 1. The number of aromatic nitrogens is 1. The molecule has 0 atom stereocenters. The molecule has 0 saturated carbocycles. The van der Waals surface area contributed by atoms with Gasteiger partial charge in [-0.1, -0.05) is 6.07 Å². The molecule has 0 aliphatic rings. The number of benzene rings is 1. The van der Waals surface area contributed by atoms with Crippen LogP contribution in [-0.4, -0.2) is 13.4 Å². The molecular formula is C13H14FN3O2S. The SMILES string of the molecule is Cc1cccc(NS(=O)(=O)c2cc(N)c(C)cc2F)n1. The van der Waals surface area contributed by atoms with Gasteiger partial charge in [0.05, 0.1) is 0 Å². The van der Waals surface area contributed by atoms with Gasteiger partial charge in [0.15, 0.2) is 0 Å². The molecule has 1 aromatic carbocycles. The van der Waals surface area contributed by atoms with E-state index >= 15 is 0 Å². The first-order valence-corrected chi connectivity index (χ1v) is 7.30. The van der Waals surface area contributed by atoms with E-state index in [0.717, 1.165) is 12.1 Å². The first kappa shape index (κ1) is 14.3. The van der Waals surface area contributed by atoms with E-state index in [4.69, 9.17) is 5.73 Å². The summed E-state index contributed by atoms with van der Waals surface area (Å²) >= 11 is 0. The Morgan fingerprint density at radius 3 is 2.60 bits per heavy atom. The number of hydrogen-bond donors (Lipinski definition) is 2. The van der Waals surface area contributed by atoms with Crippen molar-refractivity contribution in [3.63, 3.8) is 0 Å². The lowest BCUT2D eigenvalue weighted by atomic mass is 10.2. The van der Waals surface area contributed by atoms with Gasteiger partial charge in [0.25, 0.3) is 10.0 Å². The monoisotopic (exact) mass is 295 g/mol. The molecule has 0 spiro atoms. The average molecular weight is 295 g/mol. The third-order valence-corrected chi connectivity index (χ3v) is 4.11. The number of nitrogens with two attached hydrogens (primary N) is 1. The first-order valence-electron chi connectivity index (χ1n) is 5.82. The van der Waals surface area contributed by atoms with E-state index in [9.17, 15) is 12.8 Å². The van der Waals surface area contributed by atoms with Crippen LogP contribution in [0.5, 0.6) is 0 Å². The van der Waals surface area contributed by atoms with Crippen LogP contribution in [0.1, 0.15) is 11.3 Å². The molecule has 2 rings (SSSR count). The summed E-state index contributed by atoms with van der Waals surface area (Å²) < 4.78 is 40.3. The minimum absolute atomic E-state index is 0.128. The van der Waals surface area contributed by atoms with Crippen LogP contribution in [0, 0.1) is 19.7 Å². The summed E-state index contributed by atoms with van der Waals surface area (Å²) in [6.45, 7) is 3.33. The van der Waals surface area contributed by atoms with E-state index < -0.39 is 20.7 Å². The molecule has 20 heavy (non-hydrogen) atoms. The number of hydrogen-bond acceptors (Lipinski definition) is 4. The van der Waals surface area contributed by atoms with Crippen LogP contribution in [0.25, 0.3) is 0 Å². The number of nitrogens with one attached hydrogen (secondary N) is 1. The van der Waals surface area contributed by atoms with Crippen LogP contribution in [0.2, 0.25) is 0 Å². The number of pyridine rings is 1. The topological polar surface area (TPSA) is 85.1 Å². The highest BCUT2D eigenvalue weighted by Crippen LogP contribution is 2.23. The normalized spacial score (nSPS) is 11.3. The minimum Gasteiger partial charge on any atom is -0.398 e. The highest BCUT2D eigenvalue weighted by Gasteiger charge is 2.21. The van der Waals surface area contributed by atoms with Gasteiger partial charge in [-0.2, -0.15) is 0 Å². The predicted octanol–water partition coefficient (Wildman–Crippen LogP) is 2.22. The lowest BCUT2D eigenvalue weighted by molar-refractivity contribution is 0.570. The molecule has 2 aromatic rings. The molecule has 0 unspecified atom stereocenters. The highest BCUT2D eigenvalue weighted by molar-refractivity contribution is 7.92. The van der Waals surface area contributed by atoms with E-state index in [1.807, 2.05) is 0 Å². The van der Waals surface area contributed by atoms with Crippen molar-refractivity contribution in [2.24, 2.45) is 0 Å². The Bertz CT molecular complexity index is 760. The van der Waals surface area contributed by atoms with Gasteiger partial charge in [-0.15, -0.1) is 0 Å². The summed E-state index contributed by atoms with van der Waals surface area (Å²) in [5, 5.41) is 0. The fourth-order valence-corrected chi connectivity index (χ4v) is 2.76. The predicted molar refractivity (Wildman–Crippen MR) is 75.3 cm³/mol. The van der Waals surface area contributed by atoms with Gasteiger partial charge in [-0.05, 0) is 43.7 Å². The van der Waals surface area contributed by atoms with E-state index in [-0.39, 0.29) is 11.5 Å². The largest absolute Gasteiger partial charge is 0.398 e. The number of halogens is 1. The smallest absolute Gasteiger partial charge is 0.266 e. The second kappa shape index (κ2) is 5.09. The quantitative estimate of drug-likeness (QED) is 0.850. The number of nitrogen functional groups attached to an aromatic ring is 1. The Morgan fingerprint density at radius 1 is 1.25 bits per heavy atom. The highest BCUT2D eigenvalue weighted by atomic mass is 32.2. The van der Waals surface area contributed by atoms with Crippen molar-refractivity contribution in [2.45, 2.75) is 18.7 Å². The van der Waals surface area contributed by atoms with E-state index in [0.29, 0.717) is 11.3 Å². The van der Waals surface area contributed by atoms with E-state index in [1.54, 1.807) is 26.0 Å². The molecule has 0 aliphatic carbocycles. The number of nitrogens with zero attached hydrogens (tertiary/aromatic N) is 1. The summed E-state index contributed by atoms with van der Waals surface area (Å²) in [6, 6.07) is 7.05. The average Bonchev–Trinajstić information content (AvgIpc) is 2.33. The molecule has 1 heterocycles. The van der Waals surface area contributed by atoms with Crippen molar-refractivity contribution >= 4 is 21.5 Å². The van der Waals surface area contributed by atoms with Crippen LogP contribution in [0.15, 0.2) is 35.2 Å². The zero-order valence-corrected chi connectivity index (χ0v) is 11.8. The second-order valence-electron chi connectivity index (χ2n) is 4.41. The third-order valence-electron chi connectivity index (χ3n) is 2.74. The molecule has 0 fully saturated rings. The Labute approximate surface area is 116 Å². The second-order valence-corrected chi connectivity index (χ2v) is 6.06.